The number of carbonyl (C=O) groups excluding carboxylic acids is 2. The van der Waals surface area contributed by atoms with Crippen LogP contribution >= 0.6 is 0 Å². The number of anilines is 1. The highest BCUT2D eigenvalue weighted by atomic mass is 19.1. The Balaban J connectivity index is 1.02. The Labute approximate surface area is 305 Å². The lowest BCUT2D eigenvalue weighted by molar-refractivity contribution is -0.137. The first-order valence-electron chi connectivity index (χ1n) is 19.1. The van der Waals surface area contributed by atoms with E-state index in [1.54, 1.807) is 6.07 Å². The van der Waals surface area contributed by atoms with Gasteiger partial charge in [-0.1, -0.05) is 37.3 Å². The molecule has 2 saturated heterocycles. The van der Waals surface area contributed by atoms with E-state index in [1.165, 1.54) is 24.5 Å². The van der Waals surface area contributed by atoms with Gasteiger partial charge in [-0.2, -0.15) is 5.10 Å². The summed E-state index contributed by atoms with van der Waals surface area (Å²) < 4.78 is 22.7. The topological polar surface area (TPSA) is 113 Å². The Hall–Kier alpha value is -4.35. The number of carbonyl (C=O) groups is 2. The van der Waals surface area contributed by atoms with Crippen LogP contribution in [0.5, 0.6) is 0 Å². The molecule has 4 heterocycles. The number of fused-ring (bicyclic) bond motifs is 1. The number of hydrogen-bond donors (Lipinski definition) is 3. The fraction of sp³-hybridized carbons (Fsp3) is 0.512. The Morgan fingerprint density at radius 3 is 2.42 bits per heavy atom. The van der Waals surface area contributed by atoms with Gasteiger partial charge in [-0.3, -0.25) is 9.59 Å². The molecule has 0 spiro atoms. The number of benzene rings is 2. The SMILES string of the molecule is CCc1nc2c(cnn2CC)c(NC2CCOCC2)c1CNC(=O)C1(C(=O)NCc2ccc(F)c(-c3cccc(CC4CCN(C)CC4)c3)c2)CC1. The molecule has 3 N–H and O–H groups in total. The lowest BCUT2D eigenvalue weighted by Crippen LogP contribution is -2.42. The van der Waals surface area contributed by atoms with Gasteiger partial charge in [0.1, 0.15) is 11.2 Å². The molecule has 3 fully saturated rings. The molecule has 0 radical (unpaired) electrons. The third kappa shape index (κ3) is 7.71. The number of nitrogens with zero attached hydrogens (tertiary/aromatic N) is 4. The highest BCUT2D eigenvalue weighted by Crippen LogP contribution is 2.46. The summed E-state index contributed by atoms with van der Waals surface area (Å²) in [5.74, 6) is -0.239. The number of ether oxygens (including phenoxy) is 1. The predicted octanol–water partition coefficient (Wildman–Crippen LogP) is 6.01. The molecular weight excluding hydrogens is 657 g/mol. The number of pyridine rings is 1. The molecule has 0 bridgehead atoms. The zero-order valence-electron chi connectivity index (χ0n) is 30.8. The van der Waals surface area contributed by atoms with Crippen LogP contribution in [-0.4, -0.2) is 70.9 Å². The van der Waals surface area contributed by atoms with Gasteiger partial charge < -0.3 is 25.6 Å². The maximum atomic E-state index is 15.2. The molecule has 11 heteroatoms. The second-order valence-corrected chi connectivity index (χ2v) is 14.9. The molecule has 2 aromatic carbocycles. The average molecular weight is 710 g/mol. The number of hydrogen-bond acceptors (Lipinski definition) is 7. The Kier molecular flexibility index (Phi) is 10.9. The summed E-state index contributed by atoms with van der Waals surface area (Å²) in [7, 11) is 2.17. The van der Waals surface area contributed by atoms with Crippen molar-refractivity contribution in [3.8, 4) is 11.1 Å². The number of nitrogens with one attached hydrogen (secondary N) is 3. The van der Waals surface area contributed by atoms with Crippen LogP contribution < -0.4 is 16.0 Å². The molecule has 2 aliphatic heterocycles. The Bertz CT molecular complexity index is 1910. The van der Waals surface area contributed by atoms with Crippen LogP contribution in [0.3, 0.4) is 0 Å². The van der Waals surface area contributed by atoms with E-state index in [0.29, 0.717) is 50.5 Å². The largest absolute Gasteiger partial charge is 0.381 e. The molecule has 2 aromatic heterocycles. The fourth-order valence-electron chi connectivity index (χ4n) is 7.84. The van der Waals surface area contributed by atoms with E-state index < -0.39 is 5.41 Å². The van der Waals surface area contributed by atoms with Gasteiger partial charge in [-0.05, 0) is 113 Å². The average Bonchev–Trinajstić information content (AvgIpc) is 3.88. The number of rotatable bonds is 13. The van der Waals surface area contributed by atoms with Gasteiger partial charge in [0.25, 0.3) is 0 Å². The van der Waals surface area contributed by atoms with E-state index in [-0.39, 0.29) is 36.8 Å². The van der Waals surface area contributed by atoms with Crippen LogP contribution in [0, 0.1) is 17.2 Å². The summed E-state index contributed by atoms with van der Waals surface area (Å²) in [6, 6.07) is 13.4. The van der Waals surface area contributed by atoms with Crippen molar-refractivity contribution < 1.29 is 18.7 Å². The number of piperidine rings is 1. The minimum Gasteiger partial charge on any atom is -0.381 e. The minimum absolute atomic E-state index is 0.206. The molecule has 0 atom stereocenters. The third-order valence-corrected chi connectivity index (χ3v) is 11.3. The minimum atomic E-state index is -1.11. The first-order valence-corrected chi connectivity index (χ1v) is 19.1. The van der Waals surface area contributed by atoms with Crippen LogP contribution in [0.2, 0.25) is 0 Å². The molecule has 0 unspecified atom stereocenters. The van der Waals surface area contributed by atoms with Gasteiger partial charge in [0, 0.05) is 55.7 Å². The van der Waals surface area contributed by atoms with E-state index in [4.69, 9.17) is 9.72 Å². The summed E-state index contributed by atoms with van der Waals surface area (Å²) in [5, 5.41) is 15.4. The first kappa shape index (κ1) is 36.0. The smallest absolute Gasteiger partial charge is 0.235 e. The van der Waals surface area contributed by atoms with Crippen molar-refractivity contribution in [3.05, 3.63) is 76.9 Å². The molecule has 1 aliphatic carbocycles. The third-order valence-electron chi connectivity index (χ3n) is 11.3. The van der Waals surface area contributed by atoms with Crippen LogP contribution in [0.1, 0.15) is 74.8 Å². The molecule has 3 aliphatic rings. The van der Waals surface area contributed by atoms with Crippen molar-refractivity contribution >= 4 is 28.5 Å². The Morgan fingerprint density at radius 1 is 0.962 bits per heavy atom. The van der Waals surface area contributed by atoms with Gasteiger partial charge >= 0.3 is 0 Å². The molecule has 1 saturated carbocycles. The molecule has 52 heavy (non-hydrogen) atoms. The van der Waals surface area contributed by atoms with Crippen molar-refractivity contribution in [3.63, 3.8) is 0 Å². The molecule has 7 rings (SSSR count). The highest BCUT2D eigenvalue weighted by Gasteiger charge is 2.56. The van der Waals surface area contributed by atoms with Crippen LogP contribution in [0.15, 0.2) is 48.7 Å². The van der Waals surface area contributed by atoms with Crippen LogP contribution in [0.25, 0.3) is 22.2 Å². The van der Waals surface area contributed by atoms with Gasteiger partial charge in [0.2, 0.25) is 11.8 Å². The molecule has 4 aromatic rings. The number of aryl methyl sites for hydroxylation is 2. The monoisotopic (exact) mass is 709 g/mol. The van der Waals surface area contributed by atoms with E-state index >= 15 is 4.39 Å². The second-order valence-electron chi connectivity index (χ2n) is 14.9. The lowest BCUT2D eigenvalue weighted by atomic mass is 9.89. The summed E-state index contributed by atoms with van der Waals surface area (Å²) in [4.78, 5) is 34.7. The van der Waals surface area contributed by atoms with Gasteiger partial charge in [0.15, 0.2) is 5.65 Å². The van der Waals surface area contributed by atoms with Crippen LogP contribution in [-0.2, 0) is 46.8 Å². The maximum absolute atomic E-state index is 15.2. The van der Waals surface area contributed by atoms with E-state index in [2.05, 4.69) is 52.1 Å². The summed E-state index contributed by atoms with van der Waals surface area (Å²) in [5.41, 5.74) is 5.83. The molecule has 10 nitrogen and oxygen atoms in total. The lowest BCUT2D eigenvalue weighted by Gasteiger charge is -2.29. The summed E-state index contributed by atoms with van der Waals surface area (Å²) >= 11 is 0. The molecule has 2 amide bonds. The van der Waals surface area contributed by atoms with Gasteiger partial charge in [-0.15, -0.1) is 0 Å². The summed E-state index contributed by atoms with van der Waals surface area (Å²) in [6.07, 6.45) is 8.63. The standard InChI is InChI=1S/C41H52FN7O3/c1-4-36-33(37(46-31-13-19-52-20-14-31)34-26-45-49(5-2)38(34)47-36)25-44-40(51)41(15-16-41)39(50)43-24-29-9-10-35(42)32(23-29)30-8-6-7-28(22-30)21-27-11-17-48(3)18-12-27/h6-10,22-23,26-27,31H,4-5,11-21,24-25H2,1-3H3,(H,43,50)(H,44,51)(H,46,47). The molecule has 276 valence electrons. The van der Waals surface area contributed by atoms with Crippen molar-refractivity contribution in [2.75, 3.05) is 38.7 Å². The quantitative estimate of drug-likeness (QED) is 0.146. The Morgan fingerprint density at radius 2 is 1.71 bits per heavy atom. The maximum Gasteiger partial charge on any atom is 0.235 e. The summed E-state index contributed by atoms with van der Waals surface area (Å²) in [6.45, 7) is 8.91. The van der Waals surface area contributed by atoms with Crippen molar-refractivity contribution in [2.24, 2.45) is 11.3 Å². The number of halogens is 1. The van der Waals surface area contributed by atoms with E-state index in [0.717, 1.165) is 71.5 Å². The number of amides is 2. The predicted molar refractivity (Wildman–Crippen MR) is 201 cm³/mol. The van der Waals surface area contributed by atoms with E-state index in [1.807, 2.05) is 36.0 Å². The normalized spacial score (nSPS) is 18.0. The van der Waals surface area contributed by atoms with Crippen molar-refractivity contribution in [2.45, 2.75) is 90.9 Å². The highest BCUT2D eigenvalue weighted by molar-refractivity contribution is 6.08. The van der Waals surface area contributed by atoms with Crippen molar-refractivity contribution in [1.29, 1.82) is 0 Å². The molecular formula is C41H52FN7O3. The van der Waals surface area contributed by atoms with Gasteiger partial charge in [0.05, 0.1) is 17.3 Å². The second kappa shape index (κ2) is 15.7. The van der Waals surface area contributed by atoms with Crippen molar-refractivity contribution in [1.82, 2.24) is 30.3 Å². The zero-order valence-corrected chi connectivity index (χ0v) is 30.8. The zero-order chi connectivity index (χ0) is 36.2. The van der Waals surface area contributed by atoms with Crippen LogP contribution in [0.4, 0.5) is 10.1 Å². The van der Waals surface area contributed by atoms with E-state index in [9.17, 15) is 9.59 Å². The number of aromatic nitrogens is 3. The van der Waals surface area contributed by atoms with Gasteiger partial charge in [-0.25, -0.2) is 14.1 Å². The number of likely N-dealkylation sites (tertiary alicyclic amines) is 1. The fourth-order valence-corrected chi connectivity index (χ4v) is 7.84. The first-order chi connectivity index (χ1) is 25.3.